The predicted molar refractivity (Wildman–Crippen MR) is 95.2 cm³/mol. The third kappa shape index (κ3) is 2.98. The monoisotopic (exact) mass is 329 g/mol. The van der Waals surface area contributed by atoms with E-state index in [1.165, 1.54) is 5.56 Å². The van der Waals surface area contributed by atoms with E-state index in [1.807, 2.05) is 24.3 Å². The number of hydrazone groups is 1. The zero-order valence-electron chi connectivity index (χ0n) is 12.2. The van der Waals surface area contributed by atoms with Gasteiger partial charge in [-0.05, 0) is 42.4 Å². The Bertz CT molecular complexity index is 723. The number of benzene rings is 2. The Labute approximate surface area is 140 Å². The molecule has 0 spiro atoms. The Morgan fingerprint density at radius 2 is 1.82 bits per heavy atom. The van der Waals surface area contributed by atoms with Gasteiger partial charge in [0.1, 0.15) is 0 Å². The van der Waals surface area contributed by atoms with Crippen molar-refractivity contribution in [2.75, 3.05) is 0 Å². The number of rotatable bonds is 2. The van der Waals surface area contributed by atoms with Crippen molar-refractivity contribution in [2.24, 2.45) is 10.8 Å². The first-order valence-electron chi connectivity index (χ1n) is 7.03. The molecule has 3 rings (SSSR count). The van der Waals surface area contributed by atoms with Crippen molar-refractivity contribution in [3.05, 3.63) is 70.2 Å². The van der Waals surface area contributed by atoms with Crippen molar-refractivity contribution >= 4 is 34.6 Å². The number of nitrogens with two attached hydrogens (primary N) is 1. The maximum Gasteiger partial charge on any atom is 0.187 e. The number of hydrogen-bond acceptors (Lipinski definition) is 2. The highest BCUT2D eigenvalue weighted by molar-refractivity contribution is 7.80. The van der Waals surface area contributed by atoms with E-state index in [0.717, 1.165) is 23.3 Å². The number of nitrogens with zero attached hydrogens (tertiary/aromatic N) is 2. The van der Waals surface area contributed by atoms with Crippen LogP contribution in [0.3, 0.4) is 0 Å². The molecule has 22 heavy (non-hydrogen) atoms. The highest BCUT2D eigenvalue weighted by Gasteiger charge is 2.30. The van der Waals surface area contributed by atoms with E-state index >= 15 is 0 Å². The van der Waals surface area contributed by atoms with Gasteiger partial charge in [0.2, 0.25) is 0 Å². The fraction of sp³-hybridized carbons (Fsp3) is 0.176. The van der Waals surface area contributed by atoms with Crippen LogP contribution in [0.5, 0.6) is 0 Å². The summed E-state index contributed by atoms with van der Waals surface area (Å²) in [6, 6.07) is 16.1. The average Bonchev–Trinajstić information content (AvgIpc) is 2.94. The zero-order chi connectivity index (χ0) is 15.7. The molecule has 0 aromatic heterocycles. The lowest BCUT2D eigenvalue weighted by Crippen LogP contribution is -2.31. The summed E-state index contributed by atoms with van der Waals surface area (Å²) in [5, 5.41) is 7.33. The van der Waals surface area contributed by atoms with E-state index < -0.39 is 0 Å². The highest BCUT2D eigenvalue weighted by atomic mass is 35.5. The molecule has 2 aromatic rings. The molecule has 0 amide bonds. The number of hydrogen-bond donors (Lipinski definition) is 1. The molecule has 0 fully saturated rings. The third-order valence-electron chi connectivity index (χ3n) is 3.78. The lowest BCUT2D eigenvalue weighted by Gasteiger charge is -2.21. The molecule has 2 aromatic carbocycles. The summed E-state index contributed by atoms with van der Waals surface area (Å²) in [4.78, 5) is 0. The third-order valence-corrected chi connectivity index (χ3v) is 4.21. The van der Waals surface area contributed by atoms with E-state index in [0.29, 0.717) is 5.02 Å². The predicted octanol–water partition coefficient (Wildman–Crippen LogP) is 4.04. The van der Waals surface area contributed by atoms with Gasteiger partial charge in [-0.15, -0.1) is 0 Å². The minimum Gasteiger partial charge on any atom is -0.375 e. The Morgan fingerprint density at radius 3 is 2.41 bits per heavy atom. The topological polar surface area (TPSA) is 41.6 Å². The second kappa shape index (κ2) is 6.07. The van der Waals surface area contributed by atoms with Crippen LogP contribution in [0.4, 0.5) is 0 Å². The standard InChI is InChI=1S/C17H16ClN3S/c1-11-2-4-12(5-3-11)15-10-16(21(20-15)17(19)22)13-6-8-14(18)9-7-13/h2-9,16H,10H2,1H3,(H2,19,22)/t16-/m1/s1. The highest BCUT2D eigenvalue weighted by Crippen LogP contribution is 2.33. The van der Waals surface area contributed by atoms with E-state index in [1.54, 1.807) is 5.01 Å². The Kier molecular flexibility index (Phi) is 4.14. The molecule has 0 saturated heterocycles. The van der Waals surface area contributed by atoms with Crippen molar-refractivity contribution in [2.45, 2.75) is 19.4 Å². The van der Waals surface area contributed by atoms with Crippen LogP contribution < -0.4 is 5.73 Å². The lowest BCUT2D eigenvalue weighted by molar-refractivity contribution is 0.373. The molecule has 0 unspecified atom stereocenters. The SMILES string of the molecule is Cc1ccc(C2=NN(C(N)=S)[C@@H](c3ccc(Cl)cc3)C2)cc1. The smallest absolute Gasteiger partial charge is 0.187 e. The van der Waals surface area contributed by atoms with Crippen LogP contribution in [0.2, 0.25) is 5.02 Å². The fourth-order valence-electron chi connectivity index (χ4n) is 2.58. The minimum atomic E-state index is 0.0195. The van der Waals surface area contributed by atoms with E-state index in [9.17, 15) is 0 Å². The molecule has 0 saturated carbocycles. The van der Waals surface area contributed by atoms with Crippen LogP contribution in [0.25, 0.3) is 0 Å². The van der Waals surface area contributed by atoms with E-state index in [-0.39, 0.29) is 11.2 Å². The van der Waals surface area contributed by atoms with E-state index in [4.69, 9.17) is 29.6 Å². The Balaban J connectivity index is 1.92. The lowest BCUT2D eigenvalue weighted by atomic mass is 9.98. The Morgan fingerprint density at radius 1 is 1.18 bits per heavy atom. The van der Waals surface area contributed by atoms with Crippen molar-refractivity contribution in [3.63, 3.8) is 0 Å². The molecule has 0 radical (unpaired) electrons. The molecule has 3 nitrogen and oxygen atoms in total. The van der Waals surface area contributed by atoms with Crippen molar-refractivity contribution in [1.82, 2.24) is 5.01 Å². The molecule has 1 aliphatic rings. The normalized spacial score (nSPS) is 17.5. The number of thiocarbonyl (C=S) groups is 1. The Hall–Kier alpha value is -1.91. The summed E-state index contributed by atoms with van der Waals surface area (Å²) in [5.41, 5.74) is 10.3. The molecular formula is C17H16ClN3S. The van der Waals surface area contributed by atoms with Gasteiger partial charge in [-0.1, -0.05) is 53.6 Å². The number of aryl methyl sites for hydroxylation is 1. The second-order valence-corrected chi connectivity index (χ2v) is 6.22. The molecule has 5 heteroatoms. The largest absolute Gasteiger partial charge is 0.375 e. The minimum absolute atomic E-state index is 0.0195. The molecule has 1 aliphatic heterocycles. The first kappa shape index (κ1) is 15.0. The first-order chi connectivity index (χ1) is 10.5. The molecule has 112 valence electrons. The summed E-state index contributed by atoms with van der Waals surface area (Å²) in [6.45, 7) is 2.07. The van der Waals surface area contributed by atoms with Gasteiger partial charge >= 0.3 is 0 Å². The molecule has 1 atom stereocenters. The number of halogens is 1. The molecule has 0 aliphatic carbocycles. The van der Waals surface area contributed by atoms with Gasteiger partial charge in [0.15, 0.2) is 5.11 Å². The molecule has 0 bridgehead atoms. The summed E-state index contributed by atoms with van der Waals surface area (Å²) in [6.07, 6.45) is 0.766. The second-order valence-electron chi connectivity index (χ2n) is 5.37. The quantitative estimate of drug-likeness (QED) is 0.845. The summed E-state index contributed by atoms with van der Waals surface area (Å²) < 4.78 is 0. The molecule has 1 heterocycles. The van der Waals surface area contributed by atoms with Crippen LogP contribution in [0, 0.1) is 6.92 Å². The maximum absolute atomic E-state index is 5.96. The van der Waals surface area contributed by atoms with Crippen LogP contribution in [-0.4, -0.2) is 15.8 Å². The van der Waals surface area contributed by atoms with Crippen molar-refractivity contribution < 1.29 is 0 Å². The van der Waals surface area contributed by atoms with Gasteiger partial charge in [-0.25, -0.2) is 5.01 Å². The van der Waals surface area contributed by atoms with Gasteiger partial charge < -0.3 is 5.73 Å². The fourth-order valence-corrected chi connectivity index (χ4v) is 2.87. The zero-order valence-corrected chi connectivity index (χ0v) is 13.7. The van der Waals surface area contributed by atoms with Gasteiger partial charge in [0, 0.05) is 11.4 Å². The first-order valence-corrected chi connectivity index (χ1v) is 7.82. The van der Waals surface area contributed by atoms with Gasteiger partial charge in [0.05, 0.1) is 11.8 Å². The van der Waals surface area contributed by atoms with Crippen molar-refractivity contribution in [1.29, 1.82) is 0 Å². The maximum atomic E-state index is 5.96. The van der Waals surface area contributed by atoms with Crippen molar-refractivity contribution in [3.8, 4) is 0 Å². The molecule has 2 N–H and O–H groups in total. The van der Waals surface area contributed by atoms with Crippen LogP contribution >= 0.6 is 23.8 Å². The summed E-state index contributed by atoms with van der Waals surface area (Å²) in [7, 11) is 0. The van der Waals surface area contributed by atoms with Gasteiger partial charge in [0.25, 0.3) is 0 Å². The van der Waals surface area contributed by atoms with Gasteiger partial charge in [-0.2, -0.15) is 5.10 Å². The summed E-state index contributed by atoms with van der Waals surface area (Å²) in [5.74, 6) is 0. The summed E-state index contributed by atoms with van der Waals surface area (Å²) >= 11 is 11.1. The van der Waals surface area contributed by atoms with Crippen LogP contribution in [0.1, 0.15) is 29.2 Å². The van der Waals surface area contributed by atoms with E-state index in [2.05, 4.69) is 36.3 Å². The molecular weight excluding hydrogens is 314 g/mol. The van der Waals surface area contributed by atoms with Crippen LogP contribution in [-0.2, 0) is 0 Å². The van der Waals surface area contributed by atoms with Crippen LogP contribution in [0.15, 0.2) is 53.6 Å². The average molecular weight is 330 g/mol. The van der Waals surface area contributed by atoms with Gasteiger partial charge in [-0.3, -0.25) is 0 Å².